The Morgan fingerprint density at radius 2 is 2.32 bits per heavy atom. The fraction of sp³-hybridized carbons (Fsp3) is 0.462. The predicted molar refractivity (Wildman–Crippen MR) is 75.0 cm³/mol. The van der Waals surface area contributed by atoms with Gasteiger partial charge in [0.15, 0.2) is 0 Å². The van der Waals surface area contributed by atoms with Crippen molar-refractivity contribution in [3.05, 3.63) is 17.5 Å². The molecule has 1 N–H and O–H groups in total. The lowest BCUT2D eigenvalue weighted by Gasteiger charge is -2.19. The van der Waals surface area contributed by atoms with E-state index in [0.717, 1.165) is 6.33 Å². The van der Waals surface area contributed by atoms with Gasteiger partial charge in [-0.25, -0.2) is 4.98 Å². The van der Waals surface area contributed by atoms with Crippen LogP contribution in [0.4, 0.5) is 8.78 Å². The molecule has 1 aliphatic rings. The first kappa shape index (κ1) is 15.0. The molecule has 2 aromatic heterocycles. The first-order valence-corrected chi connectivity index (χ1v) is 7.08. The maximum absolute atomic E-state index is 13.1. The normalized spacial score (nSPS) is 19.7. The van der Waals surface area contributed by atoms with E-state index in [1.807, 2.05) is 0 Å². The van der Waals surface area contributed by atoms with Crippen LogP contribution in [0.1, 0.15) is 19.9 Å². The van der Waals surface area contributed by atoms with E-state index in [4.69, 9.17) is 16.3 Å². The lowest BCUT2D eigenvalue weighted by atomic mass is 10.0. The molecule has 0 radical (unpaired) electrons. The molecular formula is C13H13ClF2N4O2. The van der Waals surface area contributed by atoms with Gasteiger partial charge in [-0.15, -0.1) is 0 Å². The molecule has 1 amide bonds. The molecule has 1 saturated heterocycles. The van der Waals surface area contributed by atoms with Crippen LogP contribution in [0, 0.1) is 5.92 Å². The minimum absolute atomic E-state index is 0.00727. The molecule has 22 heavy (non-hydrogen) atoms. The van der Waals surface area contributed by atoms with Crippen molar-refractivity contribution in [2.45, 2.75) is 26.0 Å². The van der Waals surface area contributed by atoms with Gasteiger partial charge in [0, 0.05) is 24.9 Å². The van der Waals surface area contributed by atoms with Crippen LogP contribution >= 0.6 is 11.6 Å². The van der Waals surface area contributed by atoms with Crippen LogP contribution in [-0.2, 0) is 4.79 Å². The number of alkyl halides is 2. The SMILES string of the molecule is CC(Oc1nc(Cl)cc2ncn(C(F)F)c12)C1CNC(=O)C1. The van der Waals surface area contributed by atoms with E-state index in [-0.39, 0.29) is 40.0 Å². The van der Waals surface area contributed by atoms with Crippen molar-refractivity contribution in [2.75, 3.05) is 6.54 Å². The van der Waals surface area contributed by atoms with Gasteiger partial charge in [0.2, 0.25) is 11.8 Å². The number of hydrogen-bond donors (Lipinski definition) is 1. The number of rotatable bonds is 4. The summed E-state index contributed by atoms with van der Waals surface area (Å²) in [6.45, 7) is -0.513. The minimum Gasteiger partial charge on any atom is -0.473 e. The van der Waals surface area contributed by atoms with Crippen molar-refractivity contribution >= 4 is 28.5 Å². The van der Waals surface area contributed by atoms with E-state index < -0.39 is 6.55 Å². The Labute approximate surface area is 129 Å². The Morgan fingerprint density at radius 3 is 2.95 bits per heavy atom. The van der Waals surface area contributed by atoms with Gasteiger partial charge in [0.05, 0.1) is 5.52 Å². The van der Waals surface area contributed by atoms with Crippen molar-refractivity contribution in [3.63, 3.8) is 0 Å². The standard InChI is InChI=1S/C13H13ClF2N4O2/c1-6(7-2-10(21)17-4-7)22-12-11-8(3-9(14)19-12)18-5-20(11)13(15)16/h3,5-7,13H,2,4H2,1H3,(H,17,21). The van der Waals surface area contributed by atoms with Gasteiger partial charge in [0.1, 0.15) is 23.1 Å². The summed E-state index contributed by atoms with van der Waals surface area (Å²) in [5, 5.41) is 2.81. The van der Waals surface area contributed by atoms with Crippen molar-refractivity contribution in [2.24, 2.45) is 5.92 Å². The van der Waals surface area contributed by atoms with Gasteiger partial charge in [-0.2, -0.15) is 13.8 Å². The molecular weight excluding hydrogens is 318 g/mol. The van der Waals surface area contributed by atoms with E-state index in [9.17, 15) is 13.6 Å². The second-order valence-corrected chi connectivity index (χ2v) is 5.53. The highest BCUT2D eigenvalue weighted by molar-refractivity contribution is 6.30. The fourth-order valence-corrected chi connectivity index (χ4v) is 2.64. The zero-order chi connectivity index (χ0) is 15.9. The summed E-state index contributed by atoms with van der Waals surface area (Å²) >= 11 is 5.88. The summed E-state index contributed by atoms with van der Waals surface area (Å²) in [6.07, 6.45) is 0.971. The molecule has 2 unspecified atom stereocenters. The number of imidazole rings is 1. The van der Waals surface area contributed by atoms with Gasteiger partial charge in [0.25, 0.3) is 0 Å². The van der Waals surface area contributed by atoms with Crippen molar-refractivity contribution < 1.29 is 18.3 Å². The van der Waals surface area contributed by atoms with E-state index in [2.05, 4.69) is 15.3 Å². The molecule has 0 saturated carbocycles. The van der Waals surface area contributed by atoms with E-state index in [1.54, 1.807) is 6.92 Å². The van der Waals surface area contributed by atoms with E-state index in [1.165, 1.54) is 6.07 Å². The van der Waals surface area contributed by atoms with Crippen LogP contribution in [0.2, 0.25) is 5.15 Å². The number of nitrogens with one attached hydrogen (secondary N) is 1. The summed E-state index contributed by atoms with van der Waals surface area (Å²) < 4.78 is 32.5. The fourth-order valence-electron chi connectivity index (χ4n) is 2.46. The Balaban J connectivity index is 1.95. The smallest absolute Gasteiger partial charge is 0.320 e. The number of aromatic nitrogens is 3. The average Bonchev–Trinajstić information content (AvgIpc) is 3.04. The number of hydrogen-bond acceptors (Lipinski definition) is 4. The Morgan fingerprint density at radius 1 is 1.55 bits per heavy atom. The third kappa shape index (κ3) is 2.70. The first-order valence-electron chi connectivity index (χ1n) is 6.70. The number of pyridine rings is 1. The van der Waals surface area contributed by atoms with Crippen molar-refractivity contribution in [3.8, 4) is 5.88 Å². The molecule has 1 aliphatic heterocycles. The van der Waals surface area contributed by atoms with Crippen LogP contribution in [0.25, 0.3) is 11.0 Å². The van der Waals surface area contributed by atoms with E-state index >= 15 is 0 Å². The lowest BCUT2D eigenvalue weighted by Crippen LogP contribution is -2.26. The van der Waals surface area contributed by atoms with Crippen LogP contribution in [0.3, 0.4) is 0 Å². The molecule has 0 spiro atoms. The Bertz CT molecular complexity index is 721. The third-order valence-electron chi connectivity index (χ3n) is 3.67. The molecule has 0 aromatic carbocycles. The van der Waals surface area contributed by atoms with Crippen LogP contribution in [-0.4, -0.2) is 33.1 Å². The number of fused-ring (bicyclic) bond motifs is 1. The summed E-state index contributed by atoms with van der Waals surface area (Å²) in [5.41, 5.74) is 0.367. The molecule has 3 rings (SSSR count). The highest BCUT2D eigenvalue weighted by atomic mass is 35.5. The predicted octanol–water partition coefficient (Wildman–Crippen LogP) is 2.38. The number of carbonyl (C=O) groups is 1. The largest absolute Gasteiger partial charge is 0.473 e. The molecule has 0 aliphatic carbocycles. The molecule has 1 fully saturated rings. The molecule has 6 nitrogen and oxygen atoms in total. The minimum atomic E-state index is -2.76. The second-order valence-electron chi connectivity index (χ2n) is 5.14. The third-order valence-corrected chi connectivity index (χ3v) is 3.86. The van der Waals surface area contributed by atoms with Crippen molar-refractivity contribution in [1.82, 2.24) is 19.9 Å². The second kappa shape index (κ2) is 5.68. The van der Waals surface area contributed by atoms with Gasteiger partial charge in [-0.1, -0.05) is 11.6 Å². The first-order chi connectivity index (χ1) is 10.5. The Hall–Kier alpha value is -1.96. The monoisotopic (exact) mass is 330 g/mol. The number of halogens is 3. The average molecular weight is 331 g/mol. The molecule has 9 heteroatoms. The number of carbonyl (C=O) groups excluding carboxylic acids is 1. The maximum atomic E-state index is 13.1. The molecule has 2 atom stereocenters. The van der Waals surface area contributed by atoms with Crippen LogP contribution in [0.15, 0.2) is 12.4 Å². The summed E-state index contributed by atoms with van der Waals surface area (Å²) in [4.78, 5) is 19.1. The van der Waals surface area contributed by atoms with Crippen molar-refractivity contribution in [1.29, 1.82) is 0 Å². The van der Waals surface area contributed by atoms with Gasteiger partial charge >= 0.3 is 6.55 Å². The van der Waals surface area contributed by atoms with Gasteiger partial charge in [-0.3, -0.25) is 9.36 Å². The van der Waals surface area contributed by atoms with Crippen LogP contribution < -0.4 is 10.1 Å². The molecule has 0 bridgehead atoms. The molecule has 3 heterocycles. The molecule has 118 valence electrons. The lowest BCUT2D eigenvalue weighted by molar-refractivity contribution is -0.119. The number of ether oxygens (including phenoxy) is 1. The zero-order valence-electron chi connectivity index (χ0n) is 11.6. The maximum Gasteiger partial charge on any atom is 0.320 e. The summed E-state index contributed by atoms with van der Waals surface area (Å²) in [7, 11) is 0. The van der Waals surface area contributed by atoms with Gasteiger partial charge < -0.3 is 10.1 Å². The highest BCUT2D eigenvalue weighted by Gasteiger charge is 2.29. The Kier molecular flexibility index (Phi) is 3.86. The molecule has 2 aromatic rings. The van der Waals surface area contributed by atoms with Gasteiger partial charge in [-0.05, 0) is 6.92 Å². The van der Waals surface area contributed by atoms with Crippen LogP contribution in [0.5, 0.6) is 5.88 Å². The zero-order valence-corrected chi connectivity index (χ0v) is 12.3. The highest BCUT2D eigenvalue weighted by Crippen LogP contribution is 2.31. The number of amides is 1. The quantitative estimate of drug-likeness (QED) is 0.874. The summed E-state index contributed by atoms with van der Waals surface area (Å²) in [5.74, 6) is -0.110. The summed E-state index contributed by atoms with van der Waals surface area (Å²) in [6, 6.07) is 1.40. The topological polar surface area (TPSA) is 69.0 Å². The number of nitrogens with zero attached hydrogens (tertiary/aromatic N) is 3. The van der Waals surface area contributed by atoms with E-state index in [0.29, 0.717) is 17.5 Å².